The van der Waals surface area contributed by atoms with Crippen molar-refractivity contribution in [1.82, 2.24) is 19.5 Å². The highest BCUT2D eigenvalue weighted by Crippen LogP contribution is 2.38. The van der Waals surface area contributed by atoms with E-state index in [1.165, 1.54) is 12.5 Å². The molecule has 0 N–H and O–H groups in total. The number of benzene rings is 1. The largest absolute Gasteiger partial charge is 0.464 e. The van der Waals surface area contributed by atoms with Crippen LogP contribution < -0.4 is 0 Å². The fraction of sp³-hybridized carbons (Fsp3) is 0.0500. The molecule has 5 aromatic rings. The molecule has 4 heterocycles. The van der Waals surface area contributed by atoms with Crippen LogP contribution in [0.3, 0.4) is 0 Å². The highest BCUT2D eigenvalue weighted by Gasteiger charge is 2.36. The number of hydrogen-bond donors (Lipinski definition) is 0. The Bertz CT molecular complexity index is 1340. The van der Waals surface area contributed by atoms with E-state index in [9.17, 15) is 13.2 Å². The summed E-state index contributed by atoms with van der Waals surface area (Å²) in [7, 11) is 0. The predicted molar refractivity (Wildman–Crippen MR) is 102 cm³/mol. The number of rotatable bonds is 3. The molecule has 0 atom stereocenters. The summed E-state index contributed by atoms with van der Waals surface area (Å²) in [6.45, 7) is 0. The highest BCUT2D eigenvalue weighted by atomic mass is 35.5. The molecular weight excluding hydrogens is 421 g/mol. The molecule has 0 fully saturated rings. The third kappa shape index (κ3) is 3.03. The van der Waals surface area contributed by atoms with E-state index in [2.05, 4.69) is 15.1 Å². The van der Waals surface area contributed by atoms with Gasteiger partial charge in [0.1, 0.15) is 10.9 Å². The first kappa shape index (κ1) is 18.4. The number of hydrogen-bond acceptors (Lipinski definition) is 5. The minimum absolute atomic E-state index is 0.0477. The SMILES string of the molecule is FC(F)(F)c1cc(-c2ccco2)cn2c(Cl)c(-c3nc(-c4ccccc4)no3)nc12. The maximum absolute atomic E-state index is 13.7. The van der Waals surface area contributed by atoms with Crippen LogP contribution in [0.1, 0.15) is 5.56 Å². The van der Waals surface area contributed by atoms with Gasteiger partial charge in [-0.15, -0.1) is 0 Å². The maximum atomic E-state index is 13.7. The van der Waals surface area contributed by atoms with E-state index >= 15 is 0 Å². The molecule has 0 bridgehead atoms. The lowest BCUT2D eigenvalue weighted by molar-refractivity contribution is -0.136. The van der Waals surface area contributed by atoms with Gasteiger partial charge >= 0.3 is 6.18 Å². The zero-order valence-corrected chi connectivity index (χ0v) is 15.6. The van der Waals surface area contributed by atoms with Crippen molar-refractivity contribution < 1.29 is 22.1 Å². The molecule has 1 aromatic carbocycles. The first-order valence-electron chi connectivity index (χ1n) is 8.64. The van der Waals surface area contributed by atoms with Crippen LogP contribution in [0.2, 0.25) is 5.15 Å². The molecule has 10 heteroatoms. The molecule has 0 aliphatic rings. The van der Waals surface area contributed by atoms with Gasteiger partial charge in [-0.3, -0.25) is 4.40 Å². The summed E-state index contributed by atoms with van der Waals surface area (Å²) in [6, 6.07) is 13.1. The number of furan rings is 1. The average molecular weight is 431 g/mol. The molecule has 5 rings (SSSR count). The lowest BCUT2D eigenvalue weighted by atomic mass is 10.1. The molecule has 0 saturated heterocycles. The summed E-state index contributed by atoms with van der Waals surface area (Å²) in [6.07, 6.45) is -1.88. The smallest absolute Gasteiger partial charge is 0.420 e. The van der Waals surface area contributed by atoms with E-state index in [0.717, 1.165) is 10.5 Å². The van der Waals surface area contributed by atoms with Gasteiger partial charge in [0.2, 0.25) is 5.82 Å². The second-order valence-corrected chi connectivity index (χ2v) is 6.71. The van der Waals surface area contributed by atoms with Crippen molar-refractivity contribution in [1.29, 1.82) is 0 Å². The number of nitrogens with zero attached hydrogens (tertiary/aromatic N) is 4. The van der Waals surface area contributed by atoms with Crippen molar-refractivity contribution in [3.8, 4) is 34.3 Å². The zero-order valence-electron chi connectivity index (χ0n) is 14.9. The number of pyridine rings is 1. The van der Waals surface area contributed by atoms with Gasteiger partial charge in [0.05, 0.1) is 11.8 Å². The van der Waals surface area contributed by atoms with Crippen LogP contribution >= 0.6 is 11.6 Å². The first-order valence-corrected chi connectivity index (χ1v) is 9.02. The van der Waals surface area contributed by atoms with Gasteiger partial charge in [0.15, 0.2) is 11.3 Å². The van der Waals surface area contributed by atoms with Crippen molar-refractivity contribution in [2.24, 2.45) is 0 Å². The van der Waals surface area contributed by atoms with Crippen LogP contribution in [-0.2, 0) is 6.18 Å². The zero-order chi connectivity index (χ0) is 20.9. The van der Waals surface area contributed by atoms with Crippen molar-refractivity contribution in [2.45, 2.75) is 6.18 Å². The van der Waals surface area contributed by atoms with Crippen LogP contribution in [0, 0.1) is 0 Å². The Morgan fingerprint density at radius 3 is 2.47 bits per heavy atom. The van der Waals surface area contributed by atoms with Crippen LogP contribution in [0.25, 0.3) is 39.9 Å². The number of halogens is 4. The summed E-state index contributed by atoms with van der Waals surface area (Å²) < 4.78 is 52.8. The minimum atomic E-state index is -4.67. The Labute approximate surface area is 171 Å². The van der Waals surface area contributed by atoms with Gasteiger partial charge < -0.3 is 8.94 Å². The van der Waals surface area contributed by atoms with E-state index < -0.39 is 11.7 Å². The third-order valence-electron chi connectivity index (χ3n) is 4.43. The Hall–Kier alpha value is -3.59. The van der Waals surface area contributed by atoms with Gasteiger partial charge in [-0.05, 0) is 18.2 Å². The number of fused-ring (bicyclic) bond motifs is 1. The summed E-state index contributed by atoms with van der Waals surface area (Å²) in [5, 5.41) is 3.78. The Kier molecular flexibility index (Phi) is 4.14. The van der Waals surface area contributed by atoms with Crippen molar-refractivity contribution in [2.75, 3.05) is 0 Å². The summed E-state index contributed by atoms with van der Waals surface area (Å²) in [5.41, 5.74) is -0.511. The molecule has 0 unspecified atom stereocenters. The second-order valence-electron chi connectivity index (χ2n) is 6.35. The van der Waals surface area contributed by atoms with Crippen molar-refractivity contribution in [3.63, 3.8) is 0 Å². The summed E-state index contributed by atoms with van der Waals surface area (Å²) in [5.74, 6) is 0.444. The van der Waals surface area contributed by atoms with Gasteiger partial charge in [0, 0.05) is 17.3 Å². The van der Waals surface area contributed by atoms with Crippen molar-refractivity contribution >= 4 is 17.2 Å². The predicted octanol–water partition coefficient (Wildman–Crippen LogP) is 5.98. The molecule has 0 aliphatic heterocycles. The molecule has 0 spiro atoms. The van der Waals surface area contributed by atoms with E-state index in [-0.39, 0.29) is 39.5 Å². The molecule has 0 radical (unpaired) electrons. The monoisotopic (exact) mass is 430 g/mol. The number of alkyl halides is 3. The summed E-state index contributed by atoms with van der Waals surface area (Å²) in [4.78, 5) is 8.30. The van der Waals surface area contributed by atoms with Crippen LogP contribution in [0.15, 0.2) is 69.9 Å². The lowest BCUT2D eigenvalue weighted by Gasteiger charge is -2.10. The van der Waals surface area contributed by atoms with Gasteiger partial charge in [-0.25, -0.2) is 4.98 Å². The molecule has 0 saturated carbocycles. The van der Waals surface area contributed by atoms with Gasteiger partial charge in [-0.1, -0.05) is 47.1 Å². The molecule has 6 nitrogen and oxygen atoms in total. The first-order chi connectivity index (χ1) is 14.4. The van der Waals surface area contributed by atoms with Crippen molar-refractivity contribution in [3.05, 3.63) is 71.7 Å². The Morgan fingerprint density at radius 2 is 1.77 bits per heavy atom. The van der Waals surface area contributed by atoms with Crippen LogP contribution in [0.4, 0.5) is 13.2 Å². The van der Waals surface area contributed by atoms with E-state index in [1.54, 1.807) is 36.4 Å². The average Bonchev–Trinajstić information content (AvgIpc) is 3.48. The van der Waals surface area contributed by atoms with Crippen LogP contribution in [-0.4, -0.2) is 19.5 Å². The topological polar surface area (TPSA) is 69.4 Å². The fourth-order valence-corrected chi connectivity index (χ4v) is 3.32. The van der Waals surface area contributed by atoms with Crippen LogP contribution in [0.5, 0.6) is 0 Å². The molecule has 0 aliphatic carbocycles. The highest BCUT2D eigenvalue weighted by molar-refractivity contribution is 6.32. The minimum Gasteiger partial charge on any atom is -0.464 e. The van der Waals surface area contributed by atoms with Gasteiger partial charge in [0.25, 0.3) is 5.89 Å². The third-order valence-corrected chi connectivity index (χ3v) is 4.79. The standard InChI is InChI=1S/C20H10ClF3N4O2/c21-16-15(19-26-17(27-30-19)11-5-2-1-3-6-11)25-18-13(20(22,23)24)9-12(10-28(16)18)14-7-4-8-29-14/h1-10H. The van der Waals surface area contributed by atoms with E-state index in [1.807, 2.05) is 6.07 Å². The second kappa shape index (κ2) is 6.74. The lowest BCUT2D eigenvalue weighted by Crippen LogP contribution is -2.08. The van der Waals surface area contributed by atoms with Gasteiger partial charge in [-0.2, -0.15) is 18.2 Å². The van der Waals surface area contributed by atoms with E-state index in [4.69, 9.17) is 20.5 Å². The number of aromatic nitrogens is 4. The molecule has 150 valence electrons. The van der Waals surface area contributed by atoms with E-state index in [0.29, 0.717) is 5.56 Å². The summed E-state index contributed by atoms with van der Waals surface area (Å²) >= 11 is 6.38. The molecule has 30 heavy (non-hydrogen) atoms. The number of imidazole rings is 1. The Balaban J connectivity index is 1.70. The normalized spacial score (nSPS) is 12.0. The molecule has 4 aromatic heterocycles. The fourth-order valence-electron chi connectivity index (χ4n) is 3.06. The maximum Gasteiger partial charge on any atom is 0.420 e. The quantitative estimate of drug-likeness (QED) is 0.352. The Morgan fingerprint density at radius 1 is 0.967 bits per heavy atom. The molecule has 0 amide bonds. The molecular formula is C20H10ClF3N4O2.